The van der Waals surface area contributed by atoms with Crippen LogP contribution in [0.3, 0.4) is 0 Å². The molecule has 0 heterocycles. The highest BCUT2D eigenvalue weighted by molar-refractivity contribution is 5.81. The standard InChI is InChI=1S/C21H39NO5/c1-9-17(10-12-23)19(25)22(8)14-20(4,5)27-15-21(6,7)26-13-11-18(24)16(2)3/h12,16-17H,9-11,13-15H2,1-8H3. The summed E-state index contributed by atoms with van der Waals surface area (Å²) in [5, 5.41) is 0. The van der Waals surface area contributed by atoms with Crippen LogP contribution in [0.25, 0.3) is 0 Å². The summed E-state index contributed by atoms with van der Waals surface area (Å²) in [5.74, 6) is -0.107. The van der Waals surface area contributed by atoms with Gasteiger partial charge in [0.25, 0.3) is 0 Å². The van der Waals surface area contributed by atoms with E-state index in [1.165, 1.54) is 0 Å². The molecule has 0 radical (unpaired) electrons. The molecule has 27 heavy (non-hydrogen) atoms. The highest BCUT2D eigenvalue weighted by Gasteiger charge is 2.29. The monoisotopic (exact) mass is 385 g/mol. The lowest BCUT2D eigenvalue weighted by molar-refractivity contribution is -0.146. The average molecular weight is 386 g/mol. The number of hydrogen-bond donors (Lipinski definition) is 0. The number of carbonyl (C=O) groups excluding carboxylic acids is 3. The first kappa shape index (κ1) is 25.7. The predicted molar refractivity (Wildman–Crippen MR) is 107 cm³/mol. The van der Waals surface area contributed by atoms with Gasteiger partial charge in [-0.15, -0.1) is 0 Å². The molecule has 0 aromatic heterocycles. The largest absolute Gasteiger partial charge is 0.373 e. The molecule has 0 spiro atoms. The van der Waals surface area contributed by atoms with Crippen LogP contribution in [0.2, 0.25) is 0 Å². The number of likely N-dealkylation sites (N-methyl/N-ethyl adjacent to an activating group) is 1. The van der Waals surface area contributed by atoms with Crippen LogP contribution in [0.5, 0.6) is 0 Å². The molecule has 0 aromatic carbocycles. The van der Waals surface area contributed by atoms with Crippen molar-refractivity contribution in [2.45, 2.75) is 78.9 Å². The van der Waals surface area contributed by atoms with Crippen molar-refractivity contribution in [1.29, 1.82) is 0 Å². The predicted octanol–water partition coefficient (Wildman–Crippen LogP) is 3.27. The molecule has 0 saturated carbocycles. The van der Waals surface area contributed by atoms with Crippen molar-refractivity contribution in [2.24, 2.45) is 11.8 Å². The lowest BCUT2D eigenvalue weighted by Crippen LogP contribution is -2.46. The van der Waals surface area contributed by atoms with Crippen LogP contribution >= 0.6 is 0 Å². The molecule has 158 valence electrons. The number of rotatable bonds is 14. The SMILES string of the molecule is CCC(CC=O)C(=O)N(C)CC(C)(C)OCC(C)(C)OCCC(=O)C(C)C. The molecule has 0 aliphatic carbocycles. The summed E-state index contributed by atoms with van der Waals surface area (Å²) >= 11 is 0. The van der Waals surface area contributed by atoms with Gasteiger partial charge in [-0.2, -0.15) is 0 Å². The summed E-state index contributed by atoms with van der Waals surface area (Å²) in [4.78, 5) is 36.5. The molecule has 0 saturated heterocycles. The Morgan fingerprint density at radius 1 is 1.07 bits per heavy atom. The van der Waals surface area contributed by atoms with Crippen molar-refractivity contribution >= 4 is 18.0 Å². The van der Waals surface area contributed by atoms with Gasteiger partial charge in [-0.3, -0.25) is 9.59 Å². The van der Waals surface area contributed by atoms with Crippen LogP contribution in [0.1, 0.15) is 67.7 Å². The van der Waals surface area contributed by atoms with E-state index in [1.54, 1.807) is 11.9 Å². The van der Waals surface area contributed by atoms with Crippen LogP contribution in [-0.2, 0) is 23.9 Å². The normalized spacial score (nSPS) is 13.5. The lowest BCUT2D eigenvalue weighted by atomic mass is 10.0. The number of amides is 1. The Balaban J connectivity index is 4.53. The third-order valence-electron chi connectivity index (χ3n) is 4.51. The average Bonchev–Trinajstić information content (AvgIpc) is 2.56. The van der Waals surface area contributed by atoms with E-state index in [-0.39, 0.29) is 29.9 Å². The summed E-state index contributed by atoms with van der Waals surface area (Å²) in [6.07, 6.45) is 2.08. The summed E-state index contributed by atoms with van der Waals surface area (Å²) in [6, 6.07) is 0. The highest BCUT2D eigenvalue weighted by Crippen LogP contribution is 2.19. The molecular formula is C21H39NO5. The Bertz CT molecular complexity index is 485. The van der Waals surface area contributed by atoms with E-state index in [9.17, 15) is 14.4 Å². The topological polar surface area (TPSA) is 72.9 Å². The van der Waals surface area contributed by atoms with Crippen molar-refractivity contribution in [3.8, 4) is 0 Å². The van der Waals surface area contributed by atoms with Crippen LogP contribution < -0.4 is 0 Å². The van der Waals surface area contributed by atoms with Gasteiger partial charge in [0.1, 0.15) is 12.1 Å². The molecule has 6 nitrogen and oxygen atoms in total. The minimum Gasteiger partial charge on any atom is -0.373 e. The Morgan fingerprint density at radius 3 is 2.15 bits per heavy atom. The second-order valence-corrected chi connectivity index (χ2v) is 8.73. The summed E-state index contributed by atoms with van der Waals surface area (Å²) in [5.41, 5.74) is -1.08. The molecule has 1 unspecified atom stereocenters. The quantitative estimate of drug-likeness (QED) is 0.429. The van der Waals surface area contributed by atoms with Gasteiger partial charge in [0, 0.05) is 38.3 Å². The van der Waals surface area contributed by atoms with Crippen LogP contribution in [0.4, 0.5) is 0 Å². The van der Waals surface area contributed by atoms with E-state index in [0.717, 1.165) is 6.29 Å². The first-order valence-corrected chi connectivity index (χ1v) is 9.84. The van der Waals surface area contributed by atoms with E-state index in [2.05, 4.69) is 0 Å². The molecule has 1 amide bonds. The summed E-state index contributed by atoms with van der Waals surface area (Å²) in [7, 11) is 1.74. The second kappa shape index (κ2) is 11.5. The van der Waals surface area contributed by atoms with E-state index < -0.39 is 11.2 Å². The zero-order chi connectivity index (χ0) is 21.3. The number of aldehydes is 1. The van der Waals surface area contributed by atoms with Crippen LogP contribution in [-0.4, -0.2) is 60.9 Å². The summed E-state index contributed by atoms with van der Waals surface area (Å²) < 4.78 is 11.8. The first-order chi connectivity index (χ1) is 12.3. The van der Waals surface area contributed by atoms with E-state index in [1.807, 2.05) is 48.5 Å². The third-order valence-corrected chi connectivity index (χ3v) is 4.51. The van der Waals surface area contributed by atoms with Gasteiger partial charge in [0.2, 0.25) is 5.91 Å². The highest BCUT2D eigenvalue weighted by atomic mass is 16.6. The maximum absolute atomic E-state index is 12.5. The number of nitrogens with zero attached hydrogens (tertiary/aromatic N) is 1. The molecule has 1 atom stereocenters. The van der Waals surface area contributed by atoms with Crippen LogP contribution in [0, 0.1) is 11.8 Å². The summed E-state index contributed by atoms with van der Waals surface area (Å²) in [6.45, 7) is 14.5. The fourth-order valence-corrected chi connectivity index (χ4v) is 2.69. The van der Waals surface area contributed by atoms with Gasteiger partial charge >= 0.3 is 0 Å². The number of Topliss-reactive ketones (excluding diaryl/α,β-unsaturated/α-hetero) is 1. The Morgan fingerprint density at radius 2 is 1.67 bits per heavy atom. The van der Waals surface area contributed by atoms with Gasteiger partial charge in [-0.25, -0.2) is 0 Å². The molecule has 0 N–H and O–H groups in total. The Labute approximate surface area is 165 Å². The molecule has 6 heteroatoms. The number of carbonyl (C=O) groups is 3. The van der Waals surface area contributed by atoms with Gasteiger partial charge < -0.3 is 19.2 Å². The Hall–Kier alpha value is -1.27. The second-order valence-electron chi connectivity index (χ2n) is 8.73. The van der Waals surface area contributed by atoms with Gasteiger partial charge in [-0.1, -0.05) is 20.8 Å². The van der Waals surface area contributed by atoms with Gasteiger partial charge in [0.15, 0.2) is 0 Å². The van der Waals surface area contributed by atoms with E-state index in [4.69, 9.17) is 9.47 Å². The van der Waals surface area contributed by atoms with Crippen molar-refractivity contribution in [3.63, 3.8) is 0 Å². The van der Waals surface area contributed by atoms with Crippen molar-refractivity contribution < 1.29 is 23.9 Å². The van der Waals surface area contributed by atoms with Gasteiger partial charge in [0.05, 0.1) is 24.4 Å². The fraction of sp³-hybridized carbons (Fsp3) is 0.857. The van der Waals surface area contributed by atoms with Crippen molar-refractivity contribution in [3.05, 3.63) is 0 Å². The van der Waals surface area contributed by atoms with Crippen molar-refractivity contribution in [2.75, 3.05) is 26.8 Å². The number of ketones is 1. The zero-order valence-electron chi connectivity index (χ0n) is 18.5. The first-order valence-electron chi connectivity index (χ1n) is 9.84. The van der Waals surface area contributed by atoms with Crippen LogP contribution in [0.15, 0.2) is 0 Å². The lowest BCUT2D eigenvalue weighted by Gasteiger charge is -2.35. The maximum atomic E-state index is 12.5. The van der Waals surface area contributed by atoms with Crippen molar-refractivity contribution in [1.82, 2.24) is 4.90 Å². The third kappa shape index (κ3) is 10.6. The fourth-order valence-electron chi connectivity index (χ4n) is 2.69. The van der Waals surface area contributed by atoms with E-state index >= 15 is 0 Å². The molecule has 0 rings (SSSR count). The number of hydrogen-bond acceptors (Lipinski definition) is 5. The van der Waals surface area contributed by atoms with E-state index in [0.29, 0.717) is 32.6 Å². The smallest absolute Gasteiger partial charge is 0.225 e. The molecular weight excluding hydrogens is 346 g/mol. The number of ether oxygens (including phenoxy) is 2. The minimum atomic E-state index is -0.557. The zero-order valence-corrected chi connectivity index (χ0v) is 18.5. The minimum absolute atomic E-state index is 0.0196. The molecule has 0 aromatic rings. The maximum Gasteiger partial charge on any atom is 0.225 e. The Kier molecular flexibility index (Phi) is 11.0. The molecule has 0 fully saturated rings. The molecule has 0 bridgehead atoms. The van der Waals surface area contributed by atoms with Gasteiger partial charge in [-0.05, 0) is 34.1 Å². The molecule has 0 aliphatic rings. The molecule has 0 aliphatic heterocycles.